The van der Waals surface area contributed by atoms with Crippen molar-refractivity contribution in [2.45, 2.75) is 352 Å². The molecule has 0 aliphatic carbocycles. The number of unbranched alkanes of at least 4 members (excludes halogenated alkanes) is 41. The van der Waals surface area contributed by atoms with E-state index in [0.717, 1.165) is 38.5 Å². The van der Waals surface area contributed by atoms with Crippen molar-refractivity contribution in [1.29, 1.82) is 0 Å². The molecular weight excluding hydrogens is 855 g/mol. The second-order valence-corrected chi connectivity index (χ2v) is 21.3. The van der Waals surface area contributed by atoms with Crippen molar-refractivity contribution in [3.05, 3.63) is 0 Å². The number of rotatable bonds is 52. The number of carbonyl (C=O) groups excluding carboxylic acids is 1. The molecule has 1 fully saturated rings. The Bertz CT molecular complexity index is 1050. The molecule has 0 spiro atoms. The first-order valence-corrected chi connectivity index (χ1v) is 29.8. The molecule has 406 valence electrons. The Hall–Kier alpha value is -0.850. The summed E-state index contributed by atoms with van der Waals surface area (Å²) in [6, 6.07) is -0.986. The molecule has 0 aromatic rings. The number of hydrogen-bond donors (Lipinski definition) is 7. The fourth-order valence-corrected chi connectivity index (χ4v) is 10.0. The van der Waals surface area contributed by atoms with Gasteiger partial charge in [0.2, 0.25) is 5.91 Å². The second kappa shape index (κ2) is 48.4. The maximum atomic E-state index is 13.1. The van der Waals surface area contributed by atoms with Gasteiger partial charge >= 0.3 is 0 Å². The Morgan fingerprint density at radius 3 is 1.09 bits per heavy atom. The minimum Gasteiger partial charge on any atom is -0.394 e. The van der Waals surface area contributed by atoms with E-state index in [0.29, 0.717) is 6.42 Å². The second-order valence-electron chi connectivity index (χ2n) is 21.3. The topological polar surface area (TPSA) is 169 Å². The van der Waals surface area contributed by atoms with Crippen molar-refractivity contribution >= 4 is 5.91 Å². The van der Waals surface area contributed by atoms with Gasteiger partial charge in [-0.1, -0.05) is 284 Å². The van der Waals surface area contributed by atoms with Crippen LogP contribution in [0.15, 0.2) is 0 Å². The monoisotopic (exact) mass is 970 g/mol. The highest BCUT2D eigenvalue weighted by Gasteiger charge is 2.44. The highest BCUT2D eigenvalue weighted by Crippen LogP contribution is 2.24. The Balaban J connectivity index is 2.17. The van der Waals surface area contributed by atoms with Gasteiger partial charge in [0.05, 0.1) is 25.4 Å². The lowest BCUT2D eigenvalue weighted by Crippen LogP contribution is -2.60. The number of hydrogen-bond acceptors (Lipinski definition) is 9. The van der Waals surface area contributed by atoms with Crippen molar-refractivity contribution in [3.63, 3.8) is 0 Å². The lowest BCUT2D eigenvalue weighted by Gasteiger charge is -2.40. The van der Waals surface area contributed by atoms with Gasteiger partial charge in [0.15, 0.2) is 6.29 Å². The van der Waals surface area contributed by atoms with Crippen molar-refractivity contribution in [3.8, 4) is 0 Å². The van der Waals surface area contributed by atoms with Crippen LogP contribution in [-0.2, 0) is 14.3 Å². The summed E-state index contributed by atoms with van der Waals surface area (Å²) in [7, 11) is 0. The lowest BCUT2D eigenvalue weighted by atomic mass is 9.98. The molecular formula is C58H115NO9. The van der Waals surface area contributed by atoms with Crippen LogP contribution < -0.4 is 5.32 Å². The molecule has 0 bridgehead atoms. The zero-order valence-corrected chi connectivity index (χ0v) is 44.8. The maximum Gasteiger partial charge on any atom is 0.220 e. The van der Waals surface area contributed by atoms with Gasteiger partial charge in [-0.05, 0) is 12.8 Å². The van der Waals surface area contributed by atoms with Crippen LogP contribution in [0.4, 0.5) is 0 Å². The van der Waals surface area contributed by atoms with Crippen molar-refractivity contribution in [2.75, 3.05) is 13.2 Å². The third-order valence-corrected chi connectivity index (χ3v) is 14.8. The van der Waals surface area contributed by atoms with Crippen LogP contribution in [0.25, 0.3) is 0 Å². The summed E-state index contributed by atoms with van der Waals surface area (Å²) in [5.74, 6) is -0.250. The first-order valence-electron chi connectivity index (χ1n) is 29.8. The fraction of sp³-hybridized carbons (Fsp3) is 0.983. The van der Waals surface area contributed by atoms with Gasteiger partial charge < -0.3 is 45.4 Å². The predicted octanol–water partition coefficient (Wildman–Crippen LogP) is 13.6. The molecule has 0 aromatic carbocycles. The molecule has 1 saturated heterocycles. The number of ether oxygens (including phenoxy) is 2. The molecule has 1 aliphatic rings. The van der Waals surface area contributed by atoms with Crippen LogP contribution in [0.1, 0.15) is 303 Å². The first kappa shape index (κ1) is 65.2. The van der Waals surface area contributed by atoms with Crippen LogP contribution in [0.5, 0.6) is 0 Å². The number of amides is 1. The zero-order chi connectivity index (χ0) is 49.6. The molecule has 1 amide bonds. The molecule has 1 heterocycles. The van der Waals surface area contributed by atoms with Gasteiger partial charge in [0, 0.05) is 6.42 Å². The zero-order valence-electron chi connectivity index (χ0n) is 44.8. The summed E-state index contributed by atoms with van der Waals surface area (Å²) in [6.07, 6.45) is 47.1. The summed E-state index contributed by atoms with van der Waals surface area (Å²) in [6.45, 7) is 3.65. The minimum atomic E-state index is -1.60. The Morgan fingerprint density at radius 2 is 0.765 bits per heavy atom. The van der Waals surface area contributed by atoms with E-state index in [1.807, 2.05) is 0 Å². The van der Waals surface area contributed by atoms with Crippen LogP contribution in [-0.4, -0.2) is 98.7 Å². The number of aliphatic hydroxyl groups is 6. The fourth-order valence-electron chi connectivity index (χ4n) is 10.0. The van der Waals surface area contributed by atoms with Crippen LogP contribution >= 0.6 is 0 Å². The summed E-state index contributed by atoms with van der Waals surface area (Å²) < 4.78 is 11.2. The summed E-state index contributed by atoms with van der Waals surface area (Å²) in [4.78, 5) is 13.1. The third kappa shape index (κ3) is 37.0. The standard InChI is InChI=1S/C58H115NO9/c1-3-5-7-9-11-13-15-17-19-20-21-22-23-24-25-26-27-28-29-30-31-32-33-35-37-39-41-43-45-47-53(62)59-50(49-67-58-57(66)56(65)55(64)52(48-60)68-58)54(63)51(61)46-44-42-40-38-36-34-18-16-14-12-10-8-6-4-2/h50-52,54-58,60-61,63-66H,3-49H2,1-2H3,(H,59,62)/t50-,51+,52+,54-,55-,56?,57?,58+/m0/s1. The van der Waals surface area contributed by atoms with E-state index in [9.17, 15) is 35.4 Å². The Morgan fingerprint density at radius 1 is 0.456 bits per heavy atom. The van der Waals surface area contributed by atoms with Gasteiger partial charge in [-0.15, -0.1) is 0 Å². The Kier molecular flexibility index (Phi) is 46.4. The quantitative estimate of drug-likeness (QED) is 0.0293. The molecule has 10 nitrogen and oxygen atoms in total. The van der Waals surface area contributed by atoms with Crippen molar-refractivity contribution < 1.29 is 44.9 Å². The lowest BCUT2D eigenvalue weighted by molar-refractivity contribution is -0.303. The van der Waals surface area contributed by atoms with E-state index in [1.165, 1.54) is 238 Å². The molecule has 0 saturated carbocycles. The van der Waals surface area contributed by atoms with Crippen molar-refractivity contribution in [1.82, 2.24) is 5.32 Å². The average molecular weight is 971 g/mol. The van der Waals surface area contributed by atoms with Gasteiger partial charge in [-0.25, -0.2) is 0 Å². The van der Waals surface area contributed by atoms with Crippen molar-refractivity contribution in [2.24, 2.45) is 0 Å². The van der Waals surface area contributed by atoms with Gasteiger partial charge in [-0.3, -0.25) is 4.79 Å². The van der Waals surface area contributed by atoms with E-state index in [4.69, 9.17) is 9.47 Å². The highest BCUT2D eigenvalue weighted by atomic mass is 16.7. The summed E-state index contributed by atoms with van der Waals surface area (Å²) in [5, 5.41) is 65.5. The average Bonchev–Trinajstić information content (AvgIpc) is 3.34. The van der Waals surface area contributed by atoms with E-state index in [2.05, 4.69) is 19.2 Å². The van der Waals surface area contributed by atoms with E-state index in [-0.39, 0.29) is 18.9 Å². The largest absolute Gasteiger partial charge is 0.394 e. The SMILES string of the molecule is CCCCCCCCCCCCCCCCCCCCCCCCCCCCCCCC(=O)N[C@@H](CO[C@@H]1O[C@H](CO)[C@H](O)C(O)C1O)[C@H](O)[C@H](O)CCCCCCCCCCCCCCCC. The minimum absolute atomic E-state index is 0.250. The molecule has 8 atom stereocenters. The normalized spacial score (nSPS) is 19.9. The smallest absolute Gasteiger partial charge is 0.220 e. The molecule has 0 aromatic heterocycles. The van der Waals surface area contributed by atoms with E-state index < -0.39 is 55.6 Å². The van der Waals surface area contributed by atoms with E-state index >= 15 is 0 Å². The maximum absolute atomic E-state index is 13.1. The highest BCUT2D eigenvalue weighted by molar-refractivity contribution is 5.76. The third-order valence-electron chi connectivity index (χ3n) is 14.8. The molecule has 1 aliphatic heterocycles. The van der Waals surface area contributed by atoms with Crippen LogP contribution in [0.3, 0.4) is 0 Å². The van der Waals surface area contributed by atoms with Gasteiger partial charge in [0.25, 0.3) is 0 Å². The Labute approximate surface area is 419 Å². The summed E-state index contributed by atoms with van der Waals surface area (Å²) in [5.41, 5.74) is 0. The number of carbonyl (C=O) groups is 1. The predicted molar refractivity (Wildman–Crippen MR) is 283 cm³/mol. The summed E-state index contributed by atoms with van der Waals surface area (Å²) >= 11 is 0. The van der Waals surface area contributed by atoms with E-state index in [1.54, 1.807) is 0 Å². The first-order chi connectivity index (χ1) is 33.3. The molecule has 2 unspecified atom stereocenters. The number of nitrogens with one attached hydrogen (secondary N) is 1. The van der Waals surface area contributed by atoms with Crippen LogP contribution in [0.2, 0.25) is 0 Å². The van der Waals surface area contributed by atoms with Gasteiger partial charge in [-0.2, -0.15) is 0 Å². The molecule has 1 rings (SSSR count). The molecule has 0 radical (unpaired) electrons. The molecule has 10 heteroatoms. The molecule has 68 heavy (non-hydrogen) atoms. The molecule has 7 N–H and O–H groups in total. The number of aliphatic hydroxyl groups excluding tert-OH is 6. The van der Waals surface area contributed by atoms with Crippen LogP contribution in [0, 0.1) is 0 Å². The van der Waals surface area contributed by atoms with Gasteiger partial charge in [0.1, 0.15) is 30.5 Å².